The van der Waals surface area contributed by atoms with E-state index in [0.29, 0.717) is 0 Å². The number of hydrogen-bond acceptors (Lipinski definition) is 5. The molecule has 0 aromatic heterocycles. The number of amides is 2. The molecule has 2 amide bonds. The first-order chi connectivity index (χ1) is 12.2. The van der Waals surface area contributed by atoms with Crippen molar-refractivity contribution in [2.75, 3.05) is 13.7 Å². The van der Waals surface area contributed by atoms with Crippen molar-refractivity contribution in [1.29, 1.82) is 0 Å². The van der Waals surface area contributed by atoms with Gasteiger partial charge in [-0.05, 0) is 18.6 Å². The van der Waals surface area contributed by atoms with Gasteiger partial charge >= 0.3 is 12.1 Å². The third-order valence-corrected chi connectivity index (χ3v) is 4.94. The molecule has 2 aliphatic rings. The average Bonchev–Trinajstić information content (AvgIpc) is 3.11. The third kappa shape index (κ3) is 2.66. The number of benzene rings is 1. The van der Waals surface area contributed by atoms with Crippen LogP contribution in [-0.4, -0.2) is 42.4 Å². The predicted octanol–water partition coefficient (Wildman–Crippen LogP) is 1.51. The molecule has 2 heterocycles. The maximum atomic E-state index is 13.4. The van der Waals surface area contributed by atoms with E-state index in [0.717, 1.165) is 18.1 Å². The van der Waals surface area contributed by atoms with Crippen molar-refractivity contribution >= 4 is 17.8 Å². The molecule has 9 heteroatoms. The molecule has 1 N–H and O–H groups in total. The number of imide groups is 1. The molecule has 0 radical (unpaired) electrons. The van der Waals surface area contributed by atoms with Crippen molar-refractivity contribution < 1.29 is 32.3 Å². The summed E-state index contributed by atoms with van der Waals surface area (Å²) in [5.74, 6) is -4.11. The van der Waals surface area contributed by atoms with Gasteiger partial charge < -0.3 is 4.74 Å². The van der Waals surface area contributed by atoms with E-state index >= 15 is 0 Å². The summed E-state index contributed by atoms with van der Waals surface area (Å²) >= 11 is 0. The van der Waals surface area contributed by atoms with E-state index in [4.69, 9.17) is 0 Å². The lowest BCUT2D eigenvalue weighted by Crippen LogP contribution is -2.43. The van der Waals surface area contributed by atoms with Crippen LogP contribution < -0.4 is 5.32 Å². The Labute approximate surface area is 147 Å². The lowest BCUT2D eigenvalue weighted by atomic mass is 9.85. The summed E-state index contributed by atoms with van der Waals surface area (Å²) < 4.78 is 44.9. The van der Waals surface area contributed by atoms with Gasteiger partial charge in [0.05, 0.1) is 24.5 Å². The van der Waals surface area contributed by atoms with Gasteiger partial charge in [0, 0.05) is 12.6 Å². The quantitative estimate of drug-likeness (QED) is 0.645. The van der Waals surface area contributed by atoms with Crippen molar-refractivity contribution in [3.63, 3.8) is 0 Å². The van der Waals surface area contributed by atoms with Crippen LogP contribution in [0.5, 0.6) is 0 Å². The standard InChI is InChI=1S/C17H17F3N2O4/c1-3-22-14(23)10-11(15(22)24)13(16(25)26-2)21-12(10)8-6-4-5-7-9(8)17(18,19)20/h4-7,10-13,21H,3H2,1-2H3/t10-,11+,12-,13-/m1/s1. The normalized spacial score (nSPS) is 28.4. The van der Waals surface area contributed by atoms with E-state index in [1.807, 2.05) is 0 Å². The lowest BCUT2D eigenvalue weighted by Gasteiger charge is -2.23. The molecule has 2 aliphatic heterocycles. The van der Waals surface area contributed by atoms with Crippen LogP contribution in [0.2, 0.25) is 0 Å². The number of alkyl halides is 3. The Bertz CT molecular complexity index is 765. The van der Waals surface area contributed by atoms with Crippen LogP contribution in [0.3, 0.4) is 0 Å². The molecule has 1 aromatic carbocycles. The number of fused-ring (bicyclic) bond motifs is 1. The molecule has 0 aliphatic carbocycles. The van der Waals surface area contributed by atoms with Gasteiger partial charge in [0.2, 0.25) is 11.8 Å². The lowest BCUT2D eigenvalue weighted by molar-refractivity contribution is -0.148. The van der Waals surface area contributed by atoms with E-state index in [9.17, 15) is 27.6 Å². The number of halogens is 3. The van der Waals surface area contributed by atoms with E-state index in [1.54, 1.807) is 6.92 Å². The Morgan fingerprint density at radius 2 is 1.81 bits per heavy atom. The number of esters is 1. The third-order valence-electron chi connectivity index (χ3n) is 4.94. The largest absolute Gasteiger partial charge is 0.468 e. The molecule has 0 bridgehead atoms. The van der Waals surface area contributed by atoms with Gasteiger partial charge in [0.1, 0.15) is 6.04 Å². The number of carbonyl (C=O) groups is 3. The van der Waals surface area contributed by atoms with Gasteiger partial charge in [-0.2, -0.15) is 13.2 Å². The summed E-state index contributed by atoms with van der Waals surface area (Å²) in [6.07, 6.45) is -4.63. The van der Waals surface area contributed by atoms with Gasteiger partial charge in [-0.3, -0.25) is 24.6 Å². The van der Waals surface area contributed by atoms with E-state index in [2.05, 4.69) is 10.1 Å². The number of hydrogen-bond donors (Lipinski definition) is 1. The second-order valence-electron chi connectivity index (χ2n) is 6.20. The molecule has 4 atom stereocenters. The first-order valence-corrected chi connectivity index (χ1v) is 8.07. The highest BCUT2D eigenvalue weighted by Crippen LogP contribution is 2.46. The zero-order chi connectivity index (χ0) is 19.2. The minimum Gasteiger partial charge on any atom is -0.468 e. The van der Waals surface area contributed by atoms with E-state index in [1.165, 1.54) is 18.2 Å². The number of carbonyl (C=O) groups excluding carboxylic acids is 3. The van der Waals surface area contributed by atoms with Crippen LogP contribution in [0, 0.1) is 11.8 Å². The van der Waals surface area contributed by atoms with Gasteiger partial charge in [0.25, 0.3) is 0 Å². The molecule has 0 unspecified atom stereocenters. The summed E-state index contributed by atoms with van der Waals surface area (Å²) in [6, 6.07) is 2.54. The molecule has 1 aromatic rings. The van der Waals surface area contributed by atoms with Gasteiger partial charge in [0.15, 0.2) is 0 Å². The van der Waals surface area contributed by atoms with Gasteiger partial charge in [-0.1, -0.05) is 18.2 Å². The van der Waals surface area contributed by atoms with Crippen molar-refractivity contribution in [2.45, 2.75) is 25.2 Å². The number of methoxy groups -OCH3 is 1. The zero-order valence-corrected chi connectivity index (χ0v) is 14.0. The molecule has 140 valence electrons. The van der Waals surface area contributed by atoms with E-state index < -0.39 is 53.4 Å². The summed E-state index contributed by atoms with van der Waals surface area (Å²) in [4.78, 5) is 38.3. The molecule has 6 nitrogen and oxygen atoms in total. The Morgan fingerprint density at radius 1 is 1.19 bits per heavy atom. The van der Waals surface area contributed by atoms with Gasteiger partial charge in [-0.25, -0.2) is 0 Å². The molecule has 26 heavy (non-hydrogen) atoms. The minimum absolute atomic E-state index is 0.0895. The predicted molar refractivity (Wildman–Crippen MR) is 82.5 cm³/mol. The number of likely N-dealkylation sites (tertiary alicyclic amines) is 1. The summed E-state index contributed by atoms with van der Waals surface area (Å²) in [6.45, 7) is 1.68. The number of rotatable bonds is 3. The fourth-order valence-corrected chi connectivity index (χ4v) is 3.84. The first kappa shape index (κ1) is 18.4. The number of nitrogens with one attached hydrogen (secondary N) is 1. The smallest absolute Gasteiger partial charge is 0.416 e. The fourth-order valence-electron chi connectivity index (χ4n) is 3.84. The molecule has 3 rings (SSSR count). The molecule has 2 saturated heterocycles. The van der Waals surface area contributed by atoms with Crippen molar-refractivity contribution in [3.05, 3.63) is 35.4 Å². The molecule has 2 fully saturated rings. The summed E-state index contributed by atoms with van der Waals surface area (Å²) in [7, 11) is 1.12. The van der Waals surface area contributed by atoms with Crippen LogP contribution in [0.15, 0.2) is 24.3 Å². The molecule has 0 spiro atoms. The second-order valence-corrected chi connectivity index (χ2v) is 6.20. The van der Waals surface area contributed by atoms with Crippen LogP contribution in [0.4, 0.5) is 13.2 Å². The minimum atomic E-state index is -4.63. The van der Waals surface area contributed by atoms with Crippen molar-refractivity contribution in [2.24, 2.45) is 11.8 Å². The highest BCUT2D eigenvalue weighted by molar-refractivity contribution is 6.08. The molecule has 0 saturated carbocycles. The highest BCUT2D eigenvalue weighted by atomic mass is 19.4. The Balaban J connectivity index is 2.11. The molecular weight excluding hydrogens is 353 g/mol. The summed E-state index contributed by atoms with van der Waals surface area (Å²) in [5, 5.41) is 2.74. The van der Waals surface area contributed by atoms with Gasteiger partial charge in [-0.15, -0.1) is 0 Å². The Morgan fingerprint density at radius 3 is 2.38 bits per heavy atom. The van der Waals surface area contributed by atoms with Crippen molar-refractivity contribution in [3.8, 4) is 0 Å². The van der Waals surface area contributed by atoms with E-state index in [-0.39, 0.29) is 12.1 Å². The monoisotopic (exact) mass is 370 g/mol. The van der Waals surface area contributed by atoms with Crippen LogP contribution in [0.1, 0.15) is 24.1 Å². The summed E-state index contributed by atoms with van der Waals surface area (Å²) in [5.41, 5.74) is -1.07. The average molecular weight is 370 g/mol. The maximum Gasteiger partial charge on any atom is 0.416 e. The maximum absolute atomic E-state index is 13.4. The van der Waals surface area contributed by atoms with Crippen LogP contribution in [0.25, 0.3) is 0 Å². The van der Waals surface area contributed by atoms with Crippen molar-refractivity contribution in [1.82, 2.24) is 10.2 Å². The van der Waals surface area contributed by atoms with Crippen LogP contribution in [-0.2, 0) is 25.3 Å². The SMILES string of the molecule is CCN1C(=O)[C@@H]2[C@H](C1=O)[C@H](C(=O)OC)N[C@@H]2c1ccccc1C(F)(F)F. The Kier molecular flexibility index (Phi) is 4.51. The second kappa shape index (κ2) is 6.39. The topological polar surface area (TPSA) is 75.7 Å². The Hall–Kier alpha value is -2.42. The number of nitrogens with zero attached hydrogens (tertiary/aromatic N) is 1. The van der Waals surface area contributed by atoms with Crippen LogP contribution >= 0.6 is 0 Å². The fraction of sp³-hybridized carbons (Fsp3) is 0.471. The highest BCUT2D eigenvalue weighted by Gasteiger charge is 2.61. The molecular formula is C17H17F3N2O4. The first-order valence-electron chi connectivity index (χ1n) is 8.07. The number of ether oxygens (including phenoxy) is 1. The zero-order valence-electron chi connectivity index (χ0n) is 14.0.